The van der Waals surface area contributed by atoms with Crippen molar-refractivity contribution in [2.75, 3.05) is 26.7 Å². The normalized spacial score (nSPS) is 15.1. The van der Waals surface area contributed by atoms with Crippen molar-refractivity contribution in [1.29, 1.82) is 0 Å². The van der Waals surface area contributed by atoms with Crippen LogP contribution in [0.15, 0.2) is 0 Å². The minimum atomic E-state index is 1.21. The van der Waals surface area contributed by atoms with Gasteiger partial charge in [-0.05, 0) is 12.8 Å². The van der Waals surface area contributed by atoms with Gasteiger partial charge in [-0.3, -0.25) is 9.48 Å². The Kier molecular flexibility index (Phi) is 11.5. The molecule has 0 atom stereocenters. The van der Waals surface area contributed by atoms with Crippen LogP contribution >= 0.6 is 0 Å². The zero-order valence-electron chi connectivity index (χ0n) is 15.7. The highest BCUT2D eigenvalue weighted by Gasteiger charge is 2.22. The largest absolute Gasteiger partial charge is 0.265 e. The van der Waals surface area contributed by atoms with Crippen LogP contribution in [-0.4, -0.2) is 42.0 Å². The molecule has 0 radical (unpaired) electrons. The smallest absolute Gasteiger partial charge is 0.243 e. The summed E-state index contributed by atoms with van der Waals surface area (Å²) in [5.74, 6) is 1.47. The van der Waals surface area contributed by atoms with Crippen molar-refractivity contribution >= 4 is 5.84 Å². The molecule has 0 aromatic carbocycles. The molecule has 2 nitrogen and oxygen atoms in total. The molecule has 0 aromatic heterocycles. The third-order valence-corrected chi connectivity index (χ3v) is 5.25. The lowest BCUT2D eigenvalue weighted by atomic mass is 10.0. The molecule has 0 aliphatic carbocycles. The van der Waals surface area contributed by atoms with E-state index in [2.05, 4.69) is 30.4 Å². The summed E-state index contributed by atoms with van der Waals surface area (Å²) in [7, 11) is 2.21. The first-order valence-corrected chi connectivity index (χ1v) is 10.1. The maximum Gasteiger partial charge on any atom is 0.243 e. The zero-order chi connectivity index (χ0) is 16.0. The van der Waals surface area contributed by atoms with Crippen LogP contribution in [0, 0.1) is 0 Å². The van der Waals surface area contributed by atoms with Gasteiger partial charge in [0, 0.05) is 6.92 Å². The third-order valence-electron chi connectivity index (χ3n) is 5.25. The lowest BCUT2D eigenvalue weighted by Crippen LogP contribution is -2.27. The van der Waals surface area contributed by atoms with E-state index in [1.165, 1.54) is 109 Å². The third kappa shape index (κ3) is 8.80. The Morgan fingerprint density at radius 2 is 1.23 bits per heavy atom. The van der Waals surface area contributed by atoms with E-state index in [1.54, 1.807) is 0 Å². The van der Waals surface area contributed by atoms with Gasteiger partial charge in [-0.2, -0.15) is 0 Å². The first-order valence-electron chi connectivity index (χ1n) is 10.1. The number of rotatable bonds is 14. The summed E-state index contributed by atoms with van der Waals surface area (Å²) < 4.78 is 2.38. The van der Waals surface area contributed by atoms with Crippen molar-refractivity contribution < 1.29 is 4.58 Å². The Bertz CT molecular complexity index is 296. The average molecular weight is 310 g/mol. The van der Waals surface area contributed by atoms with E-state index in [0.717, 1.165) is 0 Å². The summed E-state index contributed by atoms with van der Waals surface area (Å²) in [6, 6.07) is 0. The molecule has 1 aliphatic heterocycles. The first-order chi connectivity index (χ1) is 10.8. The molecular formula is C20H41N2+. The summed E-state index contributed by atoms with van der Waals surface area (Å²) >= 11 is 0. The lowest BCUT2D eigenvalue weighted by Gasteiger charge is -2.10. The van der Waals surface area contributed by atoms with Gasteiger partial charge in [0.2, 0.25) is 5.84 Å². The van der Waals surface area contributed by atoms with Crippen LogP contribution in [0.3, 0.4) is 0 Å². The van der Waals surface area contributed by atoms with E-state index < -0.39 is 0 Å². The van der Waals surface area contributed by atoms with Gasteiger partial charge < -0.3 is 0 Å². The van der Waals surface area contributed by atoms with Crippen LogP contribution < -0.4 is 0 Å². The second kappa shape index (κ2) is 13.0. The molecule has 22 heavy (non-hydrogen) atoms. The Hall–Kier alpha value is -0.530. The summed E-state index contributed by atoms with van der Waals surface area (Å²) in [4.78, 5) is 2.55. The minimum Gasteiger partial charge on any atom is -0.265 e. The van der Waals surface area contributed by atoms with Gasteiger partial charge in [0.1, 0.15) is 13.1 Å². The van der Waals surface area contributed by atoms with Gasteiger partial charge >= 0.3 is 0 Å². The molecular weight excluding hydrogens is 268 g/mol. The summed E-state index contributed by atoms with van der Waals surface area (Å²) in [5, 5.41) is 0. The van der Waals surface area contributed by atoms with Crippen molar-refractivity contribution in [3.05, 3.63) is 0 Å². The highest BCUT2D eigenvalue weighted by molar-refractivity contribution is 5.75. The maximum absolute atomic E-state index is 2.55. The summed E-state index contributed by atoms with van der Waals surface area (Å²) in [6.07, 6.45) is 18.8. The monoisotopic (exact) mass is 309 g/mol. The van der Waals surface area contributed by atoms with Gasteiger partial charge in [0.05, 0.1) is 13.6 Å². The standard InChI is InChI=1S/C20H41N2/c1-4-5-6-7-8-9-10-11-12-13-14-15-16-17-22-19-18-21(3)20(22)2/h4-19H2,1-3H3/q+1. The van der Waals surface area contributed by atoms with Crippen molar-refractivity contribution in [3.63, 3.8) is 0 Å². The lowest BCUT2D eigenvalue weighted by molar-refractivity contribution is -0.487. The molecule has 0 saturated heterocycles. The van der Waals surface area contributed by atoms with Crippen molar-refractivity contribution in [3.8, 4) is 0 Å². The van der Waals surface area contributed by atoms with Crippen LogP contribution in [0.1, 0.15) is 97.3 Å². The quantitative estimate of drug-likeness (QED) is 0.305. The summed E-state index contributed by atoms with van der Waals surface area (Å²) in [5.41, 5.74) is 0. The topological polar surface area (TPSA) is 6.25 Å². The highest BCUT2D eigenvalue weighted by Crippen LogP contribution is 2.13. The predicted molar refractivity (Wildman–Crippen MR) is 99.0 cm³/mol. The van der Waals surface area contributed by atoms with E-state index in [1.807, 2.05) is 0 Å². The fourth-order valence-electron chi connectivity index (χ4n) is 3.43. The fourth-order valence-corrected chi connectivity index (χ4v) is 3.43. The number of likely N-dealkylation sites (N-methyl/N-ethyl adjacent to an activating group) is 1. The molecule has 0 fully saturated rings. The Morgan fingerprint density at radius 3 is 1.64 bits per heavy atom. The van der Waals surface area contributed by atoms with E-state index >= 15 is 0 Å². The molecule has 1 heterocycles. The molecule has 0 unspecified atom stereocenters. The van der Waals surface area contributed by atoms with E-state index in [-0.39, 0.29) is 0 Å². The zero-order valence-corrected chi connectivity index (χ0v) is 15.7. The number of amidine groups is 1. The van der Waals surface area contributed by atoms with Gasteiger partial charge in [-0.25, -0.2) is 0 Å². The fraction of sp³-hybridized carbons (Fsp3) is 0.950. The number of hydrogen-bond acceptors (Lipinski definition) is 1. The number of unbranched alkanes of at least 4 members (excludes halogenated alkanes) is 12. The predicted octanol–water partition coefficient (Wildman–Crippen LogP) is 5.45. The van der Waals surface area contributed by atoms with Crippen LogP contribution in [0.4, 0.5) is 0 Å². The van der Waals surface area contributed by atoms with E-state index in [9.17, 15) is 0 Å². The average Bonchev–Trinajstić information content (AvgIpc) is 2.84. The Labute approximate surface area is 140 Å². The Balaban J connectivity index is 1.77. The van der Waals surface area contributed by atoms with Crippen LogP contribution in [0.5, 0.6) is 0 Å². The molecule has 130 valence electrons. The van der Waals surface area contributed by atoms with Gasteiger partial charge in [-0.1, -0.05) is 77.6 Å². The van der Waals surface area contributed by atoms with Gasteiger partial charge in [0.25, 0.3) is 0 Å². The summed E-state index contributed by atoms with van der Waals surface area (Å²) in [6.45, 7) is 8.27. The van der Waals surface area contributed by atoms with Crippen LogP contribution in [0.2, 0.25) is 0 Å². The number of hydrogen-bond donors (Lipinski definition) is 0. The van der Waals surface area contributed by atoms with E-state index in [4.69, 9.17) is 0 Å². The molecule has 1 aliphatic rings. The maximum atomic E-state index is 2.55. The molecule has 1 rings (SSSR count). The molecule has 0 aromatic rings. The molecule has 0 spiro atoms. The second-order valence-electron chi connectivity index (χ2n) is 7.20. The van der Waals surface area contributed by atoms with Gasteiger partial charge in [0.15, 0.2) is 0 Å². The van der Waals surface area contributed by atoms with Crippen molar-refractivity contribution in [2.45, 2.75) is 97.3 Å². The van der Waals surface area contributed by atoms with E-state index in [0.29, 0.717) is 0 Å². The molecule has 0 amide bonds. The molecule has 0 N–H and O–H groups in total. The molecule has 0 bridgehead atoms. The van der Waals surface area contributed by atoms with Crippen molar-refractivity contribution in [1.82, 2.24) is 4.90 Å². The molecule has 0 saturated carbocycles. The van der Waals surface area contributed by atoms with Crippen LogP contribution in [0.25, 0.3) is 0 Å². The second-order valence-corrected chi connectivity index (χ2v) is 7.20. The highest BCUT2D eigenvalue weighted by atomic mass is 15.3. The minimum absolute atomic E-state index is 1.21. The van der Waals surface area contributed by atoms with Crippen LogP contribution in [-0.2, 0) is 0 Å². The number of nitrogens with zero attached hydrogens (tertiary/aromatic N) is 2. The Morgan fingerprint density at radius 1 is 0.773 bits per heavy atom. The molecule has 2 heteroatoms. The first kappa shape index (κ1) is 19.5. The SMILES string of the molecule is CCCCCCCCCCCCCCCN1CC[N+](C)=C1C. The van der Waals surface area contributed by atoms with Gasteiger partial charge in [-0.15, -0.1) is 0 Å². The van der Waals surface area contributed by atoms with Crippen molar-refractivity contribution in [2.24, 2.45) is 0 Å².